The molecule has 58 heteroatoms. The Morgan fingerprint density at radius 2 is 0.778 bits per heavy atom. The fraction of sp³-hybridized carbons (Fsp3) is 0.663. The van der Waals surface area contributed by atoms with Gasteiger partial charge in [-0.2, -0.15) is 0 Å². The summed E-state index contributed by atoms with van der Waals surface area (Å²) in [5.74, 6) is -23.8. The zero-order valence-corrected chi connectivity index (χ0v) is 81.8. The minimum absolute atomic E-state index is 0.0210. The van der Waals surface area contributed by atoms with Crippen LogP contribution in [-0.2, 0) is 133 Å². The lowest BCUT2D eigenvalue weighted by Crippen LogP contribution is -2.64. The standard InChI is InChI=1S/C86H136N24O34/c1-14-38(4)67(86(140)106-55(27-60(87)115)84(138)103-51(18-20-63(118)119)80(134)95-41(7)74(128)91-30-65(122)123)108-81(135)52(19-21-64(120)121)102-76(130)44(10)98-82(136)53(25-48-28-88-35-92-48)104-77(131)43(9)94-75(129)42(8)97-83(137)54(26-49-29-89-36-93-49)105-85(139)66(37(2)3)107-78(132)45(11)96-79(133)50(101-62(117)34-142-110-40(6)24-57-69(100-47(13)114)73(127)71(125)59(32-112)144-57)17-15-16-22-90-61(116)33-141-109-39(5)23-56-68(99-46(12)113)72(126)70(124)58(31-111)143-56/h28-29,35-38,41-45,50-59,66-73,111-112,124-127H,14-27,30-34H2,1-13H3,(H2,87,115)(H,88,92)(H,89,93)(H,90,116)(H,91,128)(H,94,129)(H,95,134)(H,96,133)(H,97,137)(H,98,136)(H,99,113)(H,100,114)(H,101,117)(H,102,130)(H,103,138)(H,104,131)(H,105,139)(H,106,140)(H,107,132)(H,108,135)(H,118,119)(H,120,121)(H,122,123)/b109-39-,110-40+/t38-,41-,42-,43-,44-,45-,50-,51-,52-,53-,54-,55-,56+,57+,58+,59+,66-,67-,68-,69-,70+,71+,72+,73+/m0/s1. The normalized spacial score (nSPS) is 20.7. The van der Waals surface area contributed by atoms with Crippen molar-refractivity contribution in [3.63, 3.8) is 0 Å². The molecule has 144 heavy (non-hydrogen) atoms. The number of nitrogens with two attached hydrogens (primary N) is 1. The van der Waals surface area contributed by atoms with E-state index in [0.717, 1.165) is 20.8 Å². The number of carbonyl (C=O) groups is 21. The molecular formula is C86H136N24O34. The average molecular weight is 2050 g/mol. The van der Waals surface area contributed by atoms with Gasteiger partial charge in [-0.05, 0) is 92.4 Å². The van der Waals surface area contributed by atoms with Crippen molar-refractivity contribution in [2.75, 3.05) is 39.5 Å². The van der Waals surface area contributed by atoms with E-state index in [1.807, 2.05) is 5.32 Å². The fourth-order valence-corrected chi connectivity index (χ4v) is 14.4. The molecule has 804 valence electrons. The second kappa shape index (κ2) is 61.0. The highest BCUT2D eigenvalue weighted by atomic mass is 16.6. The molecule has 2 saturated heterocycles. The third-order valence-corrected chi connectivity index (χ3v) is 22.5. The van der Waals surface area contributed by atoms with Crippen molar-refractivity contribution < 1.29 is 166 Å². The minimum Gasteiger partial charge on any atom is -0.481 e. The SMILES string of the molecule is CC[C@H](C)[C@H](NC(=O)[C@H](CCC(=O)O)NC(=O)[C@H](C)NC(=O)[C@H](Cc1c[nH]cn1)NC(=O)[C@H](C)NC(=O)[C@H](C)NC(=O)[C@H](Cc1c[nH]cn1)NC(=O)[C@@H](NC(=O)[C@H](C)NC(=O)[C@H](CCCCNC(=O)CO/N=C(/C)C[C@H]1O[C@H](CO)[C@@H](O)[C@H](O)[C@H]1NC(C)=O)NC(=O)CO/N=C(\C)C[C@H]1O[C@H](CO)[C@@H](O)[C@H](O)[C@H]1NC(C)=O)C(C)C)C(=O)N[C@@H](CC(N)=O)C(=O)N[C@@H](CCC(=O)O)C(=O)N[C@@H](C)C(=O)NCC(=O)O. The molecule has 30 N–H and O–H groups in total. The van der Waals surface area contributed by atoms with Gasteiger partial charge in [-0.25, -0.2) is 9.97 Å². The summed E-state index contributed by atoms with van der Waals surface area (Å²) in [6.07, 6.45) is -10.00. The maximum Gasteiger partial charge on any atom is 0.322 e. The van der Waals surface area contributed by atoms with E-state index >= 15 is 0 Å². The average Bonchev–Trinajstić information content (AvgIpc) is 0.930. The Hall–Kier alpha value is -14.1. The first-order chi connectivity index (χ1) is 67.7. The van der Waals surface area contributed by atoms with Crippen LogP contribution < -0.4 is 96.1 Å². The highest BCUT2D eigenvalue weighted by molar-refractivity contribution is 6.01. The van der Waals surface area contributed by atoms with E-state index in [9.17, 15) is 142 Å². The summed E-state index contributed by atoms with van der Waals surface area (Å²) in [4.78, 5) is 303. The lowest BCUT2D eigenvalue weighted by atomic mass is 9.90. The highest BCUT2D eigenvalue weighted by Crippen LogP contribution is 2.26. The number of aliphatic carboxylic acids is 3. The van der Waals surface area contributed by atoms with Crippen LogP contribution in [-0.4, -0.2) is 381 Å². The quantitative estimate of drug-likeness (QED) is 0.0166. The number of aromatic nitrogens is 4. The van der Waals surface area contributed by atoms with Crippen LogP contribution in [0.1, 0.15) is 172 Å². The van der Waals surface area contributed by atoms with Gasteiger partial charge < -0.3 is 171 Å². The van der Waals surface area contributed by atoms with Crippen LogP contribution in [0.2, 0.25) is 0 Å². The number of unbranched alkanes of at least 4 members (excludes halogenated alkanes) is 1. The molecule has 2 aromatic heterocycles. The zero-order valence-electron chi connectivity index (χ0n) is 81.8. The Labute approximate surface area is 825 Å². The number of hydrogen-bond donors (Lipinski definition) is 29. The van der Waals surface area contributed by atoms with Crippen molar-refractivity contribution in [3.05, 3.63) is 36.4 Å². The van der Waals surface area contributed by atoms with Gasteiger partial charge in [-0.1, -0.05) is 44.4 Å². The Morgan fingerprint density at radius 3 is 1.18 bits per heavy atom. The molecule has 58 nitrogen and oxygen atoms in total. The third-order valence-electron chi connectivity index (χ3n) is 22.5. The number of aliphatic hydroxyl groups is 6. The number of rotatable bonds is 62. The number of primary amides is 1. The van der Waals surface area contributed by atoms with Gasteiger partial charge in [0.2, 0.25) is 94.5 Å². The van der Waals surface area contributed by atoms with E-state index in [4.69, 9.17) is 30.0 Å². The van der Waals surface area contributed by atoms with E-state index in [2.05, 4.69) is 115 Å². The number of aliphatic hydroxyl groups excluding tert-OH is 6. The van der Waals surface area contributed by atoms with Crippen molar-refractivity contribution >= 4 is 136 Å². The molecule has 2 aliphatic rings. The molecular weight excluding hydrogens is 1910 g/mol. The van der Waals surface area contributed by atoms with Crippen molar-refractivity contribution in [2.45, 2.75) is 313 Å². The number of aromatic amines is 2. The summed E-state index contributed by atoms with van der Waals surface area (Å²) in [5, 5.41) is 139. The lowest BCUT2D eigenvalue weighted by Gasteiger charge is -2.42. The van der Waals surface area contributed by atoms with Gasteiger partial charge in [-0.3, -0.25) is 101 Å². The fourth-order valence-electron chi connectivity index (χ4n) is 14.4. The van der Waals surface area contributed by atoms with Crippen LogP contribution >= 0.6 is 0 Å². The summed E-state index contributed by atoms with van der Waals surface area (Å²) in [7, 11) is 0. The molecule has 0 aliphatic carbocycles. The number of carboxylic acid groups (broad SMARTS) is 3. The predicted molar refractivity (Wildman–Crippen MR) is 495 cm³/mol. The first kappa shape index (κ1) is 122. The first-order valence-electron chi connectivity index (χ1n) is 46.2. The minimum atomic E-state index is -1.95. The van der Waals surface area contributed by atoms with Crippen LogP contribution in [0.4, 0.5) is 0 Å². The number of amides is 18. The smallest absolute Gasteiger partial charge is 0.322 e. The van der Waals surface area contributed by atoms with Gasteiger partial charge in [0.1, 0.15) is 122 Å². The second-order valence-electron chi connectivity index (χ2n) is 35.0. The van der Waals surface area contributed by atoms with E-state index in [1.54, 1.807) is 6.92 Å². The van der Waals surface area contributed by atoms with Crippen molar-refractivity contribution in [1.29, 1.82) is 0 Å². The molecule has 0 unspecified atom stereocenters. The molecule has 2 aliphatic heterocycles. The Bertz CT molecular complexity index is 4780. The number of nitrogens with zero attached hydrogens (tertiary/aromatic N) is 4. The van der Waals surface area contributed by atoms with Gasteiger partial charge in [-0.15, -0.1) is 0 Å². The molecule has 0 spiro atoms. The number of nitrogens with one attached hydrogen (secondary N) is 19. The lowest BCUT2D eigenvalue weighted by molar-refractivity contribution is -0.193. The molecule has 0 saturated carbocycles. The van der Waals surface area contributed by atoms with E-state index in [1.165, 1.54) is 87.4 Å². The number of hydrogen-bond acceptors (Lipinski definition) is 35. The second-order valence-corrected chi connectivity index (χ2v) is 35.0. The summed E-state index contributed by atoms with van der Waals surface area (Å²) >= 11 is 0. The van der Waals surface area contributed by atoms with Gasteiger partial charge in [0, 0.05) is 71.3 Å². The number of ether oxygens (including phenoxy) is 2. The van der Waals surface area contributed by atoms with E-state index in [0.29, 0.717) is 0 Å². The van der Waals surface area contributed by atoms with Crippen LogP contribution in [0.5, 0.6) is 0 Å². The molecule has 4 heterocycles. The van der Waals surface area contributed by atoms with Crippen molar-refractivity contribution in [1.82, 2.24) is 110 Å². The first-order valence-corrected chi connectivity index (χ1v) is 46.2. The predicted octanol–water partition coefficient (Wildman–Crippen LogP) is -11.3. The third kappa shape index (κ3) is 42.2. The Kier molecular flexibility index (Phi) is 51.8. The topological polar surface area (TPSA) is 890 Å². The summed E-state index contributed by atoms with van der Waals surface area (Å²) in [6, 6.07) is -23.2. The molecule has 0 aromatic carbocycles. The largest absolute Gasteiger partial charge is 0.481 e. The van der Waals surface area contributed by atoms with E-state index < -0.39 is 341 Å². The molecule has 0 radical (unpaired) electrons. The Balaban J connectivity index is 1.47. The molecule has 4 rings (SSSR count). The zero-order chi connectivity index (χ0) is 108. The number of carboxylic acids is 3. The number of carbonyl (C=O) groups excluding carboxylic acids is 18. The monoisotopic (exact) mass is 2050 g/mol. The van der Waals surface area contributed by atoms with Crippen molar-refractivity contribution in [3.8, 4) is 0 Å². The molecule has 2 fully saturated rings. The van der Waals surface area contributed by atoms with Crippen LogP contribution in [0.15, 0.2) is 35.4 Å². The van der Waals surface area contributed by atoms with Gasteiger partial charge in [0.15, 0.2) is 13.2 Å². The molecule has 0 bridgehead atoms. The van der Waals surface area contributed by atoms with Gasteiger partial charge in [0.05, 0.1) is 79.4 Å². The number of H-pyrrole nitrogens is 2. The molecule has 2 aromatic rings. The Morgan fingerprint density at radius 1 is 0.417 bits per heavy atom. The van der Waals surface area contributed by atoms with Crippen molar-refractivity contribution in [2.24, 2.45) is 27.9 Å². The maximum atomic E-state index is 14.4. The summed E-state index contributed by atoms with van der Waals surface area (Å²) in [6.45, 7) is 13.7. The summed E-state index contributed by atoms with van der Waals surface area (Å²) in [5.41, 5.74) is 6.19. The van der Waals surface area contributed by atoms with Crippen LogP contribution in [0.3, 0.4) is 0 Å². The van der Waals surface area contributed by atoms with Gasteiger partial charge >= 0.3 is 17.9 Å². The number of imidazole rings is 2. The van der Waals surface area contributed by atoms with Gasteiger partial charge in [0.25, 0.3) is 11.8 Å². The van der Waals surface area contributed by atoms with Crippen LogP contribution in [0, 0.1) is 11.8 Å². The maximum absolute atomic E-state index is 14.4. The van der Waals surface area contributed by atoms with E-state index in [-0.39, 0.29) is 80.7 Å². The summed E-state index contributed by atoms with van der Waals surface area (Å²) < 4.78 is 11.5. The molecule has 18 amide bonds. The molecule has 24 atom stereocenters. The highest BCUT2D eigenvalue weighted by Gasteiger charge is 2.48. The van der Waals surface area contributed by atoms with Crippen LogP contribution in [0.25, 0.3) is 0 Å². The number of oxime groups is 2.